The molecule has 0 fully saturated rings. The third-order valence-electron chi connectivity index (χ3n) is 2.70. The van der Waals surface area contributed by atoms with Crippen LogP contribution in [-0.2, 0) is 13.6 Å². The first-order valence-electron chi connectivity index (χ1n) is 5.84. The summed E-state index contributed by atoms with van der Waals surface area (Å²) < 4.78 is 1.77. The van der Waals surface area contributed by atoms with Gasteiger partial charge in [0.05, 0.1) is 12.2 Å². The van der Waals surface area contributed by atoms with E-state index >= 15 is 0 Å². The lowest BCUT2D eigenvalue weighted by atomic mass is 10.3. The lowest BCUT2D eigenvalue weighted by molar-refractivity contribution is 0.251. The van der Waals surface area contributed by atoms with Gasteiger partial charge >= 0.3 is 6.03 Å². The third-order valence-corrected chi connectivity index (χ3v) is 2.95. The van der Waals surface area contributed by atoms with Crippen LogP contribution in [0.4, 0.5) is 10.5 Å². The topological polar surface area (TPSA) is 59.0 Å². The fraction of sp³-hybridized carbons (Fsp3) is 0.231. The van der Waals surface area contributed by atoms with Gasteiger partial charge in [-0.2, -0.15) is 5.10 Å². The molecule has 0 bridgehead atoms. The highest BCUT2D eigenvalue weighted by atomic mass is 35.5. The van der Waals surface area contributed by atoms with Gasteiger partial charge in [-0.1, -0.05) is 11.6 Å². The van der Waals surface area contributed by atoms with Crippen LogP contribution in [0.2, 0.25) is 5.02 Å². The molecule has 0 saturated carbocycles. The first kappa shape index (κ1) is 13.4. The predicted octanol–water partition coefficient (Wildman–Crippen LogP) is 2.70. The molecule has 1 aromatic carbocycles. The molecule has 2 rings (SSSR count). The van der Waals surface area contributed by atoms with Crippen LogP contribution in [-0.4, -0.2) is 15.8 Å². The van der Waals surface area contributed by atoms with Crippen molar-refractivity contribution >= 4 is 23.3 Å². The minimum Gasteiger partial charge on any atom is -0.332 e. The van der Waals surface area contributed by atoms with E-state index in [0.29, 0.717) is 17.3 Å². The van der Waals surface area contributed by atoms with Crippen molar-refractivity contribution < 1.29 is 4.79 Å². The molecule has 1 aromatic heterocycles. The molecule has 1 heterocycles. The van der Waals surface area contributed by atoms with Crippen molar-refractivity contribution in [2.45, 2.75) is 13.5 Å². The number of carbonyl (C=O) groups excluding carboxylic acids is 1. The lowest BCUT2D eigenvalue weighted by Crippen LogP contribution is -2.28. The molecule has 2 aromatic rings. The highest BCUT2D eigenvalue weighted by molar-refractivity contribution is 6.30. The molecule has 0 saturated heterocycles. The van der Waals surface area contributed by atoms with Crippen molar-refractivity contribution in [2.24, 2.45) is 7.05 Å². The van der Waals surface area contributed by atoms with E-state index in [-0.39, 0.29) is 6.03 Å². The number of aromatic nitrogens is 2. The number of urea groups is 1. The van der Waals surface area contributed by atoms with Gasteiger partial charge in [0.15, 0.2) is 0 Å². The van der Waals surface area contributed by atoms with Gasteiger partial charge in [-0.15, -0.1) is 0 Å². The molecule has 2 amide bonds. The minimum absolute atomic E-state index is 0.273. The van der Waals surface area contributed by atoms with E-state index in [9.17, 15) is 4.79 Å². The first-order valence-corrected chi connectivity index (χ1v) is 6.22. The second-order valence-electron chi connectivity index (χ2n) is 4.22. The van der Waals surface area contributed by atoms with Crippen molar-refractivity contribution in [1.29, 1.82) is 0 Å². The van der Waals surface area contributed by atoms with Crippen molar-refractivity contribution in [3.63, 3.8) is 0 Å². The molecule has 100 valence electrons. The van der Waals surface area contributed by atoms with Gasteiger partial charge in [0, 0.05) is 23.5 Å². The van der Waals surface area contributed by atoms with Crippen molar-refractivity contribution in [1.82, 2.24) is 15.1 Å². The Bertz CT molecular complexity index is 557. The van der Waals surface area contributed by atoms with E-state index in [2.05, 4.69) is 15.7 Å². The number of nitrogens with one attached hydrogen (secondary N) is 2. The van der Waals surface area contributed by atoms with E-state index in [4.69, 9.17) is 11.6 Å². The van der Waals surface area contributed by atoms with Gasteiger partial charge in [0.2, 0.25) is 0 Å². The summed E-state index contributed by atoms with van der Waals surface area (Å²) in [7, 11) is 1.87. The number of hydrogen-bond donors (Lipinski definition) is 2. The van der Waals surface area contributed by atoms with Crippen molar-refractivity contribution in [3.8, 4) is 0 Å². The number of carbonyl (C=O) groups is 1. The zero-order valence-electron chi connectivity index (χ0n) is 10.8. The van der Waals surface area contributed by atoms with Crippen LogP contribution in [0.5, 0.6) is 0 Å². The summed E-state index contributed by atoms with van der Waals surface area (Å²) in [6.45, 7) is 2.35. The summed E-state index contributed by atoms with van der Waals surface area (Å²) in [4.78, 5) is 11.7. The van der Waals surface area contributed by atoms with Crippen molar-refractivity contribution in [2.75, 3.05) is 5.32 Å². The number of aryl methyl sites for hydroxylation is 2. The number of amides is 2. The minimum atomic E-state index is -0.273. The summed E-state index contributed by atoms with van der Waals surface area (Å²) in [6.07, 6.45) is 0. The normalized spacial score (nSPS) is 10.3. The molecule has 19 heavy (non-hydrogen) atoms. The first-order chi connectivity index (χ1) is 9.04. The summed E-state index contributed by atoms with van der Waals surface area (Å²) in [5, 5.41) is 10.4. The van der Waals surface area contributed by atoms with Gasteiger partial charge in [-0.3, -0.25) is 4.68 Å². The Kier molecular flexibility index (Phi) is 4.06. The number of hydrogen-bond acceptors (Lipinski definition) is 2. The smallest absolute Gasteiger partial charge is 0.319 e. The molecule has 0 aliphatic carbocycles. The summed E-state index contributed by atoms with van der Waals surface area (Å²) in [5.74, 6) is 0. The molecule has 0 unspecified atom stereocenters. The van der Waals surface area contributed by atoms with Crippen molar-refractivity contribution in [3.05, 3.63) is 46.7 Å². The van der Waals surface area contributed by atoms with E-state index in [1.165, 1.54) is 0 Å². The monoisotopic (exact) mass is 278 g/mol. The number of benzene rings is 1. The van der Waals surface area contributed by atoms with Crippen LogP contribution in [0.1, 0.15) is 11.4 Å². The molecule has 0 aliphatic heterocycles. The predicted molar refractivity (Wildman–Crippen MR) is 75.3 cm³/mol. The molecule has 0 spiro atoms. The van der Waals surface area contributed by atoms with E-state index in [0.717, 1.165) is 11.4 Å². The quantitative estimate of drug-likeness (QED) is 0.907. The zero-order valence-corrected chi connectivity index (χ0v) is 11.5. The van der Waals surface area contributed by atoms with Crippen LogP contribution >= 0.6 is 11.6 Å². The molecule has 5 nitrogen and oxygen atoms in total. The Labute approximate surface area is 116 Å². The molecular formula is C13H15ClN4O. The fourth-order valence-electron chi connectivity index (χ4n) is 1.60. The Hall–Kier alpha value is -2.01. The average Bonchev–Trinajstić information content (AvgIpc) is 2.69. The number of nitrogens with zero attached hydrogens (tertiary/aromatic N) is 2. The Morgan fingerprint density at radius 2 is 2.05 bits per heavy atom. The average molecular weight is 279 g/mol. The van der Waals surface area contributed by atoms with Gasteiger partial charge in [-0.25, -0.2) is 4.79 Å². The second-order valence-corrected chi connectivity index (χ2v) is 4.65. The molecule has 0 atom stereocenters. The summed E-state index contributed by atoms with van der Waals surface area (Å²) in [5.41, 5.74) is 2.57. The molecular weight excluding hydrogens is 264 g/mol. The molecule has 0 aliphatic rings. The number of anilines is 1. The fourth-order valence-corrected chi connectivity index (χ4v) is 1.73. The highest BCUT2D eigenvalue weighted by Crippen LogP contribution is 2.13. The van der Waals surface area contributed by atoms with Crippen LogP contribution in [0.25, 0.3) is 0 Å². The Morgan fingerprint density at radius 1 is 1.37 bits per heavy atom. The van der Waals surface area contributed by atoms with E-state index < -0.39 is 0 Å². The van der Waals surface area contributed by atoms with E-state index in [1.807, 2.05) is 20.0 Å². The van der Waals surface area contributed by atoms with Gasteiger partial charge in [-0.05, 0) is 37.3 Å². The van der Waals surface area contributed by atoms with Gasteiger partial charge in [0.1, 0.15) is 0 Å². The Balaban J connectivity index is 1.86. The second kappa shape index (κ2) is 5.75. The SMILES string of the molecule is Cc1cc(CNC(=O)Nc2ccc(Cl)cc2)nn1C. The zero-order chi connectivity index (χ0) is 13.8. The summed E-state index contributed by atoms with van der Waals surface area (Å²) >= 11 is 5.77. The molecule has 6 heteroatoms. The maximum Gasteiger partial charge on any atom is 0.319 e. The molecule has 2 N–H and O–H groups in total. The van der Waals surface area contributed by atoms with Crippen LogP contribution in [0.15, 0.2) is 30.3 Å². The molecule has 0 radical (unpaired) electrons. The van der Waals surface area contributed by atoms with Crippen LogP contribution < -0.4 is 10.6 Å². The number of halogens is 1. The standard InChI is InChI=1S/C13H15ClN4O/c1-9-7-12(17-18(9)2)8-15-13(19)16-11-5-3-10(14)4-6-11/h3-7H,8H2,1-2H3,(H2,15,16,19). The number of rotatable bonds is 3. The van der Waals surface area contributed by atoms with Gasteiger partial charge < -0.3 is 10.6 Å². The van der Waals surface area contributed by atoms with Crippen LogP contribution in [0.3, 0.4) is 0 Å². The highest BCUT2D eigenvalue weighted by Gasteiger charge is 2.04. The maximum atomic E-state index is 11.7. The third kappa shape index (κ3) is 3.72. The van der Waals surface area contributed by atoms with Gasteiger partial charge in [0.25, 0.3) is 0 Å². The summed E-state index contributed by atoms with van der Waals surface area (Å²) in [6, 6.07) is 8.59. The maximum absolute atomic E-state index is 11.7. The van der Waals surface area contributed by atoms with Crippen LogP contribution in [0, 0.1) is 6.92 Å². The Morgan fingerprint density at radius 3 is 2.63 bits per heavy atom. The largest absolute Gasteiger partial charge is 0.332 e. The van der Waals surface area contributed by atoms with E-state index in [1.54, 1.807) is 28.9 Å². The lowest BCUT2D eigenvalue weighted by Gasteiger charge is -2.06.